The third kappa shape index (κ3) is 6.54. The molecule has 2 aromatic carbocycles. The van der Waals surface area contributed by atoms with Crippen molar-refractivity contribution in [3.05, 3.63) is 82.0 Å². The van der Waals surface area contributed by atoms with Crippen LogP contribution in [0.15, 0.2) is 48.5 Å². The molecule has 0 spiro atoms. The predicted molar refractivity (Wildman–Crippen MR) is 142 cm³/mol. The zero-order chi connectivity index (χ0) is 29.1. The summed E-state index contributed by atoms with van der Waals surface area (Å²) in [5, 5.41) is 9.67. The molecular formula is C28H25ClF4N4O4. The van der Waals surface area contributed by atoms with E-state index in [0.29, 0.717) is 29.6 Å². The molecule has 8 nitrogen and oxygen atoms in total. The molecule has 0 unspecified atom stereocenters. The number of hydrogen-bond donors (Lipinski definition) is 1. The van der Waals surface area contributed by atoms with E-state index >= 15 is 0 Å². The number of aromatic carboxylic acids is 1. The third-order valence-corrected chi connectivity index (χ3v) is 7.22. The van der Waals surface area contributed by atoms with Crippen molar-refractivity contribution in [1.82, 2.24) is 19.4 Å². The molecule has 4 aromatic rings. The van der Waals surface area contributed by atoms with Crippen LogP contribution in [0.5, 0.6) is 11.6 Å². The van der Waals surface area contributed by atoms with Crippen molar-refractivity contribution in [1.29, 1.82) is 0 Å². The Hall–Kier alpha value is -3.90. The summed E-state index contributed by atoms with van der Waals surface area (Å²) in [5.74, 6) is -1.46. The molecule has 216 valence electrons. The highest BCUT2D eigenvalue weighted by molar-refractivity contribution is 6.30. The number of halogens is 5. The molecule has 0 aliphatic carbocycles. The van der Waals surface area contributed by atoms with Crippen molar-refractivity contribution in [2.75, 3.05) is 13.1 Å². The normalized spacial score (nSPS) is 14.6. The predicted octanol–water partition coefficient (Wildman–Crippen LogP) is 6.41. The smallest absolute Gasteiger partial charge is 0.387 e. The number of hydrogen-bond acceptors (Lipinski definition) is 6. The Bertz CT molecular complexity index is 1560. The number of nitrogens with zero attached hydrogens (tertiary/aromatic N) is 4. The van der Waals surface area contributed by atoms with Gasteiger partial charge >= 0.3 is 12.6 Å². The van der Waals surface area contributed by atoms with Gasteiger partial charge in [0.1, 0.15) is 23.8 Å². The minimum Gasteiger partial charge on any atom is -0.478 e. The Kier molecular flexibility index (Phi) is 8.60. The molecule has 1 aliphatic heterocycles. The summed E-state index contributed by atoms with van der Waals surface area (Å²) < 4.78 is 65.5. The summed E-state index contributed by atoms with van der Waals surface area (Å²) in [7, 11) is 0. The second kappa shape index (κ2) is 12.3. The highest BCUT2D eigenvalue weighted by atomic mass is 35.5. The molecule has 0 radical (unpaired) electrons. The van der Waals surface area contributed by atoms with Gasteiger partial charge < -0.3 is 14.6 Å². The first-order valence-electron chi connectivity index (χ1n) is 12.7. The van der Waals surface area contributed by atoms with Crippen molar-refractivity contribution in [2.24, 2.45) is 0 Å². The monoisotopic (exact) mass is 592 g/mol. The number of rotatable bonds is 10. The number of imidazole rings is 1. The fraction of sp³-hybridized carbons (Fsp3) is 0.321. The zero-order valence-electron chi connectivity index (χ0n) is 21.6. The molecule has 41 heavy (non-hydrogen) atoms. The molecule has 1 N–H and O–H groups in total. The lowest BCUT2D eigenvalue weighted by molar-refractivity contribution is -0.0489. The first kappa shape index (κ1) is 28.6. The molecule has 0 atom stereocenters. The Morgan fingerprint density at radius 2 is 1.90 bits per heavy atom. The number of carboxylic acids is 1. The summed E-state index contributed by atoms with van der Waals surface area (Å²) in [5.41, 5.74) is 0.919. The largest absolute Gasteiger partial charge is 0.478 e. The Balaban J connectivity index is 1.26. The molecule has 2 aromatic heterocycles. The van der Waals surface area contributed by atoms with Crippen LogP contribution in [0.2, 0.25) is 5.02 Å². The van der Waals surface area contributed by atoms with E-state index in [9.17, 15) is 27.5 Å². The molecule has 1 aliphatic rings. The van der Waals surface area contributed by atoms with Crippen LogP contribution in [0.25, 0.3) is 11.0 Å². The van der Waals surface area contributed by atoms with Crippen LogP contribution in [0.1, 0.15) is 46.2 Å². The molecular weight excluding hydrogens is 568 g/mol. The summed E-state index contributed by atoms with van der Waals surface area (Å²) >= 11 is 5.80. The van der Waals surface area contributed by atoms with Gasteiger partial charge in [0.25, 0.3) is 0 Å². The Morgan fingerprint density at radius 3 is 2.59 bits per heavy atom. The van der Waals surface area contributed by atoms with Crippen molar-refractivity contribution in [3.8, 4) is 11.6 Å². The van der Waals surface area contributed by atoms with Crippen LogP contribution >= 0.6 is 11.6 Å². The van der Waals surface area contributed by atoms with Crippen LogP contribution in [0.3, 0.4) is 0 Å². The fourth-order valence-corrected chi connectivity index (χ4v) is 5.08. The highest BCUT2D eigenvalue weighted by Crippen LogP contribution is 2.32. The number of likely N-dealkylation sites (tertiary alicyclic amines) is 1. The van der Waals surface area contributed by atoms with Crippen LogP contribution in [0, 0.1) is 5.82 Å². The average Bonchev–Trinajstić information content (AvgIpc) is 3.30. The lowest BCUT2D eigenvalue weighted by Crippen LogP contribution is -2.33. The number of carboxylic acid groups (broad SMARTS) is 1. The SMILES string of the molecule is O=C(O)c1cc(OC(F)F)c2nc(CN3CCC(c4cccc(OCc5ccc(Cl)cc5F)n4)CC3)n(CF)c2c1. The molecule has 0 bridgehead atoms. The van der Waals surface area contributed by atoms with Crippen molar-refractivity contribution in [2.45, 2.75) is 45.3 Å². The topological polar surface area (TPSA) is 89.7 Å². The minimum absolute atomic E-state index is 0.00545. The molecule has 1 fully saturated rings. The maximum atomic E-state index is 14.1. The Morgan fingerprint density at radius 1 is 1.12 bits per heavy atom. The number of aromatic nitrogens is 3. The van der Waals surface area contributed by atoms with Gasteiger partial charge in [0.15, 0.2) is 12.5 Å². The fourth-order valence-electron chi connectivity index (χ4n) is 4.92. The van der Waals surface area contributed by atoms with E-state index in [1.54, 1.807) is 18.2 Å². The van der Waals surface area contributed by atoms with Gasteiger partial charge in [0.2, 0.25) is 5.88 Å². The number of fused-ring (bicyclic) bond motifs is 1. The van der Waals surface area contributed by atoms with E-state index in [4.69, 9.17) is 16.3 Å². The van der Waals surface area contributed by atoms with E-state index < -0.39 is 30.9 Å². The van der Waals surface area contributed by atoms with E-state index in [1.165, 1.54) is 12.1 Å². The molecule has 5 rings (SSSR count). The third-order valence-electron chi connectivity index (χ3n) is 6.99. The number of benzene rings is 2. The number of pyridine rings is 1. The molecule has 0 saturated carbocycles. The lowest BCUT2D eigenvalue weighted by Gasteiger charge is -2.31. The second-order valence-electron chi connectivity index (χ2n) is 9.58. The summed E-state index contributed by atoms with van der Waals surface area (Å²) in [6, 6.07) is 12.0. The summed E-state index contributed by atoms with van der Waals surface area (Å²) in [4.78, 5) is 22.5. The Labute approximate surface area is 237 Å². The van der Waals surface area contributed by atoms with Gasteiger partial charge in [-0.3, -0.25) is 9.47 Å². The standard InChI is InChI=1S/C28H25ClF4N4O4/c29-19-5-4-17(20(31)12-19)14-40-25-3-1-2-21(34-25)16-6-8-36(9-7-16)13-24-35-26-22(37(24)15-30)10-18(27(38)39)11-23(26)41-28(32)33/h1-5,10-12,16,28H,6-9,13-15H2,(H,38,39). The van der Waals surface area contributed by atoms with Crippen LogP contribution in [0.4, 0.5) is 17.6 Å². The van der Waals surface area contributed by atoms with Crippen molar-refractivity contribution < 1.29 is 36.9 Å². The average molecular weight is 593 g/mol. The molecule has 3 heterocycles. The van der Waals surface area contributed by atoms with E-state index in [1.807, 2.05) is 12.1 Å². The van der Waals surface area contributed by atoms with E-state index in [0.717, 1.165) is 29.2 Å². The van der Waals surface area contributed by atoms with Gasteiger partial charge in [-0.05, 0) is 56.3 Å². The molecule has 1 saturated heterocycles. The van der Waals surface area contributed by atoms with Gasteiger partial charge in [0, 0.05) is 28.3 Å². The minimum atomic E-state index is -3.20. The first-order chi connectivity index (χ1) is 19.7. The van der Waals surface area contributed by atoms with Crippen LogP contribution in [-0.4, -0.2) is 50.2 Å². The number of piperidine rings is 1. The number of alkyl halides is 3. The van der Waals surface area contributed by atoms with E-state index in [-0.39, 0.29) is 41.5 Å². The van der Waals surface area contributed by atoms with Crippen molar-refractivity contribution in [3.63, 3.8) is 0 Å². The maximum Gasteiger partial charge on any atom is 0.387 e. The van der Waals surface area contributed by atoms with E-state index in [2.05, 4.69) is 19.6 Å². The first-order valence-corrected chi connectivity index (χ1v) is 13.1. The summed E-state index contributed by atoms with van der Waals surface area (Å²) in [6.45, 7) is -2.73. The van der Waals surface area contributed by atoms with Crippen LogP contribution in [-0.2, 0) is 20.0 Å². The van der Waals surface area contributed by atoms with Gasteiger partial charge in [-0.1, -0.05) is 23.7 Å². The summed E-state index contributed by atoms with van der Waals surface area (Å²) in [6.07, 6.45) is 1.47. The molecule has 13 heteroatoms. The quantitative estimate of drug-likeness (QED) is 0.213. The van der Waals surface area contributed by atoms with Gasteiger partial charge in [-0.25, -0.2) is 23.5 Å². The van der Waals surface area contributed by atoms with Gasteiger partial charge in [0.05, 0.1) is 17.6 Å². The maximum absolute atomic E-state index is 14.1. The van der Waals surface area contributed by atoms with Gasteiger partial charge in [-0.15, -0.1) is 0 Å². The number of carbonyl (C=O) groups is 1. The number of ether oxygens (including phenoxy) is 2. The van der Waals surface area contributed by atoms with Gasteiger partial charge in [-0.2, -0.15) is 8.78 Å². The zero-order valence-corrected chi connectivity index (χ0v) is 22.3. The second-order valence-corrected chi connectivity index (χ2v) is 10.0. The highest BCUT2D eigenvalue weighted by Gasteiger charge is 2.25. The molecule has 0 amide bonds. The van der Waals surface area contributed by atoms with Crippen molar-refractivity contribution >= 4 is 28.6 Å². The lowest BCUT2D eigenvalue weighted by atomic mass is 9.93. The van der Waals surface area contributed by atoms with Crippen LogP contribution < -0.4 is 9.47 Å².